The van der Waals surface area contributed by atoms with Gasteiger partial charge in [-0.1, -0.05) is 111 Å². The van der Waals surface area contributed by atoms with Gasteiger partial charge in [0.1, 0.15) is 5.78 Å². The molecule has 1 nitrogen and oxygen atoms in total. The standard InChI is InChI=1S/C22H44O/c1-4-7-9-11-13-15-18-21(20-22(23)17-6-3)19-16-14-12-10-8-5-2/h21H,4-20H2,1-3H3. The summed E-state index contributed by atoms with van der Waals surface area (Å²) < 4.78 is 0. The van der Waals surface area contributed by atoms with E-state index in [1.165, 1.54) is 89.9 Å². The van der Waals surface area contributed by atoms with Crippen molar-refractivity contribution in [2.75, 3.05) is 0 Å². The summed E-state index contributed by atoms with van der Waals surface area (Å²) in [5.41, 5.74) is 0. The molecule has 0 aromatic carbocycles. The zero-order valence-electron chi connectivity index (χ0n) is 16.5. The molecule has 23 heavy (non-hydrogen) atoms. The molecule has 0 atom stereocenters. The Hall–Kier alpha value is -0.330. The van der Waals surface area contributed by atoms with Crippen molar-refractivity contribution in [2.24, 2.45) is 5.92 Å². The van der Waals surface area contributed by atoms with Crippen LogP contribution in [0.25, 0.3) is 0 Å². The van der Waals surface area contributed by atoms with Gasteiger partial charge in [0.05, 0.1) is 0 Å². The lowest BCUT2D eigenvalue weighted by Crippen LogP contribution is -2.09. The van der Waals surface area contributed by atoms with E-state index in [4.69, 9.17) is 0 Å². The van der Waals surface area contributed by atoms with E-state index in [0.717, 1.165) is 19.3 Å². The number of hydrogen-bond donors (Lipinski definition) is 0. The van der Waals surface area contributed by atoms with Crippen molar-refractivity contribution in [3.63, 3.8) is 0 Å². The van der Waals surface area contributed by atoms with Crippen molar-refractivity contribution in [2.45, 2.75) is 130 Å². The van der Waals surface area contributed by atoms with Crippen molar-refractivity contribution >= 4 is 5.78 Å². The minimum atomic E-state index is 0.509. The van der Waals surface area contributed by atoms with Crippen LogP contribution in [0.1, 0.15) is 130 Å². The van der Waals surface area contributed by atoms with Gasteiger partial charge >= 0.3 is 0 Å². The maximum atomic E-state index is 12.0. The molecule has 0 radical (unpaired) electrons. The molecule has 1 heteroatoms. The minimum Gasteiger partial charge on any atom is -0.300 e. The molecule has 0 saturated heterocycles. The highest BCUT2D eigenvalue weighted by Gasteiger charge is 2.13. The van der Waals surface area contributed by atoms with Crippen LogP contribution in [-0.4, -0.2) is 5.78 Å². The normalized spacial score (nSPS) is 11.3. The molecule has 0 spiro atoms. The quantitative estimate of drug-likeness (QED) is 0.234. The van der Waals surface area contributed by atoms with Gasteiger partial charge in [0.25, 0.3) is 0 Å². The van der Waals surface area contributed by atoms with E-state index in [1.54, 1.807) is 0 Å². The maximum absolute atomic E-state index is 12.0. The van der Waals surface area contributed by atoms with Gasteiger partial charge in [-0.3, -0.25) is 4.79 Å². The molecule has 0 amide bonds. The second kappa shape index (κ2) is 18.0. The molecule has 0 aromatic rings. The van der Waals surface area contributed by atoms with Crippen LogP contribution in [0, 0.1) is 5.92 Å². The number of hydrogen-bond acceptors (Lipinski definition) is 1. The molecule has 0 aromatic heterocycles. The molecule has 0 aliphatic rings. The fraction of sp³-hybridized carbons (Fsp3) is 0.955. The molecule has 0 rings (SSSR count). The Morgan fingerprint density at radius 2 is 1.04 bits per heavy atom. The van der Waals surface area contributed by atoms with Crippen LogP contribution < -0.4 is 0 Å². The van der Waals surface area contributed by atoms with Crippen molar-refractivity contribution in [3.8, 4) is 0 Å². The van der Waals surface area contributed by atoms with E-state index in [2.05, 4.69) is 20.8 Å². The average Bonchev–Trinajstić information content (AvgIpc) is 2.53. The highest BCUT2D eigenvalue weighted by Crippen LogP contribution is 2.23. The Kier molecular flexibility index (Phi) is 17.8. The van der Waals surface area contributed by atoms with Crippen LogP contribution in [0.3, 0.4) is 0 Å². The summed E-state index contributed by atoms with van der Waals surface area (Å²) in [6.45, 7) is 6.67. The Balaban J connectivity index is 3.86. The molecule has 0 bridgehead atoms. The van der Waals surface area contributed by atoms with Gasteiger partial charge in [0.15, 0.2) is 0 Å². The third kappa shape index (κ3) is 16.3. The van der Waals surface area contributed by atoms with Gasteiger partial charge in [0, 0.05) is 12.8 Å². The van der Waals surface area contributed by atoms with Gasteiger partial charge in [-0.05, 0) is 12.3 Å². The van der Waals surface area contributed by atoms with Gasteiger partial charge in [-0.2, -0.15) is 0 Å². The summed E-state index contributed by atoms with van der Waals surface area (Å²) in [6.07, 6.45) is 21.7. The lowest BCUT2D eigenvalue weighted by molar-refractivity contribution is -0.120. The number of carbonyl (C=O) groups excluding carboxylic acids is 1. The second-order valence-corrected chi connectivity index (χ2v) is 7.47. The lowest BCUT2D eigenvalue weighted by Gasteiger charge is -2.16. The zero-order valence-corrected chi connectivity index (χ0v) is 16.5. The number of ketones is 1. The molecule has 0 aliphatic carbocycles. The third-order valence-electron chi connectivity index (χ3n) is 4.98. The minimum absolute atomic E-state index is 0.509. The number of rotatable bonds is 18. The highest BCUT2D eigenvalue weighted by molar-refractivity contribution is 5.78. The molecule has 0 N–H and O–H groups in total. The fourth-order valence-electron chi connectivity index (χ4n) is 3.48. The molecule has 138 valence electrons. The first-order valence-corrected chi connectivity index (χ1v) is 10.8. The van der Waals surface area contributed by atoms with E-state index in [9.17, 15) is 4.79 Å². The van der Waals surface area contributed by atoms with Gasteiger partial charge in [-0.15, -0.1) is 0 Å². The van der Waals surface area contributed by atoms with Crippen LogP contribution in [0.2, 0.25) is 0 Å². The molecular weight excluding hydrogens is 280 g/mol. The topological polar surface area (TPSA) is 17.1 Å². The van der Waals surface area contributed by atoms with Crippen molar-refractivity contribution in [1.29, 1.82) is 0 Å². The first-order chi connectivity index (χ1) is 11.2. The number of carbonyl (C=O) groups is 1. The van der Waals surface area contributed by atoms with Crippen LogP contribution >= 0.6 is 0 Å². The summed E-state index contributed by atoms with van der Waals surface area (Å²) in [5.74, 6) is 1.18. The second-order valence-electron chi connectivity index (χ2n) is 7.47. The Morgan fingerprint density at radius 3 is 1.48 bits per heavy atom. The monoisotopic (exact) mass is 324 g/mol. The Morgan fingerprint density at radius 1 is 0.609 bits per heavy atom. The fourth-order valence-corrected chi connectivity index (χ4v) is 3.48. The average molecular weight is 325 g/mol. The van der Waals surface area contributed by atoms with E-state index in [0.29, 0.717) is 11.7 Å². The summed E-state index contributed by atoms with van der Waals surface area (Å²) in [5, 5.41) is 0. The summed E-state index contributed by atoms with van der Waals surface area (Å²) in [6, 6.07) is 0. The van der Waals surface area contributed by atoms with Gasteiger partial charge in [-0.25, -0.2) is 0 Å². The number of unbranched alkanes of at least 4 members (excludes halogenated alkanes) is 10. The molecule has 0 aliphatic heterocycles. The van der Waals surface area contributed by atoms with E-state index >= 15 is 0 Å². The maximum Gasteiger partial charge on any atom is 0.133 e. The Bertz CT molecular complexity index is 230. The highest BCUT2D eigenvalue weighted by atomic mass is 16.1. The SMILES string of the molecule is CCCCCCCCC(CCCCCCCC)CC(=O)CCC. The molecule has 0 heterocycles. The predicted molar refractivity (Wildman–Crippen MR) is 104 cm³/mol. The third-order valence-corrected chi connectivity index (χ3v) is 4.98. The summed E-state index contributed by atoms with van der Waals surface area (Å²) in [4.78, 5) is 12.0. The first-order valence-electron chi connectivity index (χ1n) is 10.8. The predicted octanol–water partition coefficient (Wildman–Crippen LogP) is 7.86. The summed E-state index contributed by atoms with van der Waals surface area (Å²) in [7, 11) is 0. The molecule has 0 fully saturated rings. The van der Waals surface area contributed by atoms with E-state index < -0.39 is 0 Å². The van der Waals surface area contributed by atoms with Gasteiger partial charge in [0.2, 0.25) is 0 Å². The largest absolute Gasteiger partial charge is 0.300 e. The Labute approximate surface area is 147 Å². The summed E-state index contributed by atoms with van der Waals surface area (Å²) >= 11 is 0. The van der Waals surface area contributed by atoms with Crippen molar-refractivity contribution < 1.29 is 4.79 Å². The molecular formula is C22H44O. The zero-order chi connectivity index (χ0) is 17.2. The van der Waals surface area contributed by atoms with Crippen LogP contribution in [0.15, 0.2) is 0 Å². The van der Waals surface area contributed by atoms with Crippen molar-refractivity contribution in [1.82, 2.24) is 0 Å². The van der Waals surface area contributed by atoms with E-state index in [-0.39, 0.29) is 0 Å². The van der Waals surface area contributed by atoms with Crippen LogP contribution in [0.5, 0.6) is 0 Å². The smallest absolute Gasteiger partial charge is 0.133 e. The van der Waals surface area contributed by atoms with Crippen molar-refractivity contribution in [3.05, 3.63) is 0 Å². The lowest BCUT2D eigenvalue weighted by atomic mass is 9.89. The van der Waals surface area contributed by atoms with E-state index in [1.807, 2.05) is 0 Å². The van der Waals surface area contributed by atoms with Crippen LogP contribution in [-0.2, 0) is 4.79 Å². The molecule has 0 unspecified atom stereocenters. The van der Waals surface area contributed by atoms with Gasteiger partial charge < -0.3 is 0 Å². The number of Topliss-reactive ketones (excluding diaryl/α,β-unsaturated/α-hetero) is 1. The van der Waals surface area contributed by atoms with Crippen LogP contribution in [0.4, 0.5) is 0 Å². The first kappa shape index (κ1) is 22.7. The molecule has 0 saturated carbocycles.